The van der Waals surface area contributed by atoms with E-state index in [1.165, 1.54) is 5.39 Å². The van der Waals surface area contributed by atoms with Crippen molar-refractivity contribution in [2.75, 3.05) is 0 Å². The Morgan fingerprint density at radius 2 is 1.75 bits per heavy atom. The summed E-state index contributed by atoms with van der Waals surface area (Å²) in [6, 6.07) is 14.1. The summed E-state index contributed by atoms with van der Waals surface area (Å²) in [6.45, 7) is 1.08. The second kappa shape index (κ2) is 7.52. The predicted octanol–water partition coefficient (Wildman–Crippen LogP) is 1.54. The minimum atomic E-state index is -0.833. The van der Waals surface area contributed by atoms with Gasteiger partial charge in [-0.15, -0.1) is 5.10 Å². The van der Waals surface area contributed by atoms with Gasteiger partial charge in [0, 0.05) is 6.92 Å². The highest BCUT2D eigenvalue weighted by molar-refractivity contribution is 5.90. The molecule has 0 fully saturated rings. The first-order valence-electron chi connectivity index (χ1n) is 5.79. The van der Waals surface area contributed by atoms with Gasteiger partial charge >= 0.3 is 0 Å². The number of rotatable bonds is 2. The molecule has 0 aliphatic heterocycles. The van der Waals surface area contributed by atoms with E-state index in [1.54, 1.807) is 6.21 Å². The van der Waals surface area contributed by atoms with Crippen LogP contribution < -0.4 is 11.5 Å². The Morgan fingerprint density at radius 1 is 1.15 bits per heavy atom. The van der Waals surface area contributed by atoms with E-state index in [0.717, 1.165) is 17.9 Å². The number of guanidine groups is 1. The third kappa shape index (κ3) is 5.63. The summed E-state index contributed by atoms with van der Waals surface area (Å²) in [4.78, 5) is 9.00. The number of nitrogens with two attached hydrogens (primary N) is 2. The van der Waals surface area contributed by atoms with Crippen LogP contribution in [-0.4, -0.2) is 23.2 Å². The van der Waals surface area contributed by atoms with Gasteiger partial charge < -0.3 is 16.6 Å². The zero-order valence-corrected chi connectivity index (χ0v) is 11.0. The van der Waals surface area contributed by atoms with Gasteiger partial charge in [-0.2, -0.15) is 5.10 Å². The SMILES string of the molecule is CC(=O)O.NC(N)=N/N=C/c1ccc2ccccc2c1. The first-order chi connectivity index (χ1) is 9.49. The van der Waals surface area contributed by atoms with Gasteiger partial charge in [0.05, 0.1) is 6.21 Å². The predicted molar refractivity (Wildman–Crippen MR) is 80.7 cm³/mol. The van der Waals surface area contributed by atoms with E-state index in [9.17, 15) is 0 Å². The van der Waals surface area contributed by atoms with Crippen molar-refractivity contribution < 1.29 is 9.90 Å². The zero-order chi connectivity index (χ0) is 15.0. The molecule has 0 bridgehead atoms. The van der Waals surface area contributed by atoms with E-state index in [0.29, 0.717) is 0 Å². The molecule has 5 N–H and O–H groups in total. The number of hydrogen-bond donors (Lipinski definition) is 3. The topological polar surface area (TPSA) is 114 Å². The van der Waals surface area contributed by atoms with E-state index in [1.807, 2.05) is 36.4 Å². The van der Waals surface area contributed by atoms with E-state index < -0.39 is 5.97 Å². The normalized spacial score (nSPS) is 9.85. The van der Waals surface area contributed by atoms with Crippen molar-refractivity contribution in [2.24, 2.45) is 21.7 Å². The fourth-order valence-corrected chi connectivity index (χ4v) is 1.45. The summed E-state index contributed by atoms with van der Waals surface area (Å²) in [5.74, 6) is -0.878. The molecule has 0 spiro atoms. The molecular weight excluding hydrogens is 256 g/mol. The molecule has 104 valence electrons. The molecule has 2 rings (SSSR count). The summed E-state index contributed by atoms with van der Waals surface area (Å²) in [7, 11) is 0. The Bertz CT molecular complexity index is 642. The van der Waals surface area contributed by atoms with Crippen molar-refractivity contribution in [1.29, 1.82) is 0 Å². The van der Waals surface area contributed by atoms with Crippen LogP contribution in [0, 0.1) is 0 Å². The molecule has 0 saturated carbocycles. The lowest BCUT2D eigenvalue weighted by Gasteiger charge is -1.97. The van der Waals surface area contributed by atoms with Crippen LogP contribution in [0.5, 0.6) is 0 Å². The maximum Gasteiger partial charge on any atom is 0.300 e. The van der Waals surface area contributed by atoms with Crippen LogP contribution in [0.25, 0.3) is 10.8 Å². The second-order valence-corrected chi connectivity index (χ2v) is 3.90. The molecule has 0 aliphatic carbocycles. The van der Waals surface area contributed by atoms with Crippen molar-refractivity contribution in [3.63, 3.8) is 0 Å². The number of nitrogens with zero attached hydrogens (tertiary/aromatic N) is 2. The van der Waals surface area contributed by atoms with Crippen molar-refractivity contribution >= 4 is 28.9 Å². The van der Waals surface area contributed by atoms with Crippen molar-refractivity contribution in [1.82, 2.24) is 0 Å². The molecule has 0 amide bonds. The van der Waals surface area contributed by atoms with E-state index >= 15 is 0 Å². The van der Waals surface area contributed by atoms with E-state index in [4.69, 9.17) is 21.4 Å². The number of carboxylic acids is 1. The highest BCUT2D eigenvalue weighted by Crippen LogP contribution is 2.14. The Balaban J connectivity index is 0.000000444. The van der Waals surface area contributed by atoms with Crippen LogP contribution in [0.15, 0.2) is 52.7 Å². The molecule has 0 aliphatic rings. The molecular formula is C14H16N4O2. The third-order valence-corrected chi connectivity index (χ3v) is 2.15. The first-order valence-corrected chi connectivity index (χ1v) is 5.79. The molecule has 6 nitrogen and oxygen atoms in total. The standard InChI is InChI=1S/C12H12N4.C2H4O2/c13-12(14)16-15-8-9-5-6-10-3-1-2-4-11(10)7-9;1-2(3)4/h1-8H,(H4,13,14,16);1H3,(H,3,4)/b15-8+;. The molecule has 0 saturated heterocycles. The average molecular weight is 272 g/mol. The third-order valence-electron chi connectivity index (χ3n) is 2.15. The molecule has 20 heavy (non-hydrogen) atoms. The van der Waals surface area contributed by atoms with Crippen LogP contribution in [0.1, 0.15) is 12.5 Å². The van der Waals surface area contributed by atoms with Crippen LogP contribution in [0.4, 0.5) is 0 Å². The van der Waals surface area contributed by atoms with Gasteiger partial charge in [-0.25, -0.2) is 0 Å². The molecule has 0 heterocycles. The fraction of sp³-hybridized carbons (Fsp3) is 0.0714. The van der Waals surface area contributed by atoms with Crippen molar-refractivity contribution in [2.45, 2.75) is 6.92 Å². The minimum Gasteiger partial charge on any atom is -0.481 e. The fourth-order valence-electron chi connectivity index (χ4n) is 1.45. The van der Waals surface area contributed by atoms with Gasteiger partial charge in [0.15, 0.2) is 0 Å². The molecule has 6 heteroatoms. The molecule has 0 aromatic heterocycles. The first kappa shape index (κ1) is 15.2. The average Bonchev–Trinajstić information content (AvgIpc) is 2.37. The highest BCUT2D eigenvalue weighted by atomic mass is 16.4. The Kier molecular flexibility index (Phi) is 5.71. The maximum atomic E-state index is 9.00. The number of carbonyl (C=O) groups is 1. The zero-order valence-electron chi connectivity index (χ0n) is 11.0. The number of benzene rings is 2. The van der Waals surface area contributed by atoms with E-state index in [-0.39, 0.29) is 5.96 Å². The summed E-state index contributed by atoms with van der Waals surface area (Å²) < 4.78 is 0. The van der Waals surface area contributed by atoms with Gasteiger partial charge in [-0.05, 0) is 22.4 Å². The Labute approximate surface area is 116 Å². The summed E-state index contributed by atoms with van der Waals surface area (Å²) in [5, 5.41) is 17.1. The number of hydrogen-bond acceptors (Lipinski definition) is 3. The largest absolute Gasteiger partial charge is 0.481 e. The summed E-state index contributed by atoms with van der Waals surface area (Å²) >= 11 is 0. The van der Waals surface area contributed by atoms with Gasteiger partial charge in [-0.3, -0.25) is 4.79 Å². The smallest absolute Gasteiger partial charge is 0.300 e. The molecule has 2 aromatic rings. The van der Waals surface area contributed by atoms with Gasteiger partial charge in [-0.1, -0.05) is 36.4 Å². The van der Waals surface area contributed by atoms with Crippen LogP contribution in [0.2, 0.25) is 0 Å². The van der Waals surface area contributed by atoms with Crippen LogP contribution in [-0.2, 0) is 4.79 Å². The van der Waals surface area contributed by atoms with E-state index in [2.05, 4.69) is 16.3 Å². The molecule has 0 unspecified atom stereocenters. The minimum absolute atomic E-state index is 0.0444. The van der Waals surface area contributed by atoms with Gasteiger partial charge in [0.2, 0.25) is 5.96 Å². The Hall–Kier alpha value is -2.89. The van der Waals surface area contributed by atoms with Crippen LogP contribution >= 0.6 is 0 Å². The lowest BCUT2D eigenvalue weighted by molar-refractivity contribution is -0.134. The Morgan fingerprint density at radius 3 is 2.35 bits per heavy atom. The van der Waals surface area contributed by atoms with Gasteiger partial charge in [0.1, 0.15) is 0 Å². The number of aliphatic carboxylic acids is 1. The van der Waals surface area contributed by atoms with Crippen molar-refractivity contribution in [3.05, 3.63) is 48.0 Å². The quantitative estimate of drug-likeness (QED) is 0.437. The van der Waals surface area contributed by atoms with Crippen LogP contribution in [0.3, 0.4) is 0 Å². The monoisotopic (exact) mass is 272 g/mol. The van der Waals surface area contributed by atoms with Gasteiger partial charge in [0.25, 0.3) is 5.97 Å². The van der Waals surface area contributed by atoms with Crippen molar-refractivity contribution in [3.8, 4) is 0 Å². The number of carboxylic acid groups (broad SMARTS) is 1. The number of fused-ring (bicyclic) bond motifs is 1. The highest BCUT2D eigenvalue weighted by Gasteiger charge is 1.92. The summed E-state index contributed by atoms with van der Waals surface area (Å²) in [5.41, 5.74) is 11.3. The molecule has 0 atom stereocenters. The molecule has 2 aromatic carbocycles. The lowest BCUT2D eigenvalue weighted by Crippen LogP contribution is -2.21. The summed E-state index contributed by atoms with van der Waals surface area (Å²) in [6.07, 6.45) is 1.62. The second-order valence-electron chi connectivity index (χ2n) is 3.90. The maximum absolute atomic E-state index is 9.00. The lowest BCUT2D eigenvalue weighted by atomic mass is 10.1. The molecule has 0 radical (unpaired) electrons.